The van der Waals surface area contributed by atoms with Crippen LogP contribution in [0, 0.1) is 6.92 Å². The van der Waals surface area contributed by atoms with E-state index in [0.717, 1.165) is 56.6 Å². The van der Waals surface area contributed by atoms with Crippen molar-refractivity contribution in [1.29, 1.82) is 0 Å². The Hall–Kier alpha value is -1.78. The maximum atomic E-state index is 4.74. The van der Waals surface area contributed by atoms with E-state index in [1.807, 2.05) is 0 Å². The molecule has 2 aliphatic heterocycles. The molecule has 1 fully saturated rings. The third kappa shape index (κ3) is 3.03. The van der Waals surface area contributed by atoms with Crippen LogP contribution in [0.25, 0.3) is 0 Å². The van der Waals surface area contributed by atoms with Gasteiger partial charge in [0.25, 0.3) is 0 Å². The van der Waals surface area contributed by atoms with E-state index in [1.54, 1.807) is 0 Å². The van der Waals surface area contributed by atoms with E-state index in [9.17, 15) is 0 Å². The molecule has 1 aromatic rings. The Morgan fingerprint density at radius 1 is 1.25 bits per heavy atom. The van der Waals surface area contributed by atoms with Crippen LogP contribution in [0.4, 0.5) is 5.82 Å². The Morgan fingerprint density at radius 3 is 2.85 bits per heavy atom. The zero-order valence-electron chi connectivity index (χ0n) is 12.2. The Bertz CT molecular complexity index is 491. The van der Waals surface area contributed by atoms with Crippen molar-refractivity contribution in [1.82, 2.24) is 15.6 Å². The van der Waals surface area contributed by atoms with E-state index in [2.05, 4.69) is 39.6 Å². The summed E-state index contributed by atoms with van der Waals surface area (Å²) in [6.45, 7) is 7.03. The summed E-state index contributed by atoms with van der Waals surface area (Å²) in [6.07, 6.45) is 3.67. The average molecular weight is 273 g/mol. The van der Waals surface area contributed by atoms with E-state index < -0.39 is 0 Å². The summed E-state index contributed by atoms with van der Waals surface area (Å²) in [6, 6.07) is 4.28. The predicted octanol–water partition coefficient (Wildman–Crippen LogP) is 1.43. The van der Waals surface area contributed by atoms with Gasteiger partial charge >= 0.3 is 0 Å². The second kappa shape index (κ2) is 6.11. The van der Waals surface area contributed by atoms with Crippen LogP contribution in [0.3, 0.4) is 0 Å². The number of hydrogen-bond donors (Lipinski definition) is 2. The van der Waals surface area contributed by atoms with Gasteiger partial charge in [-0.1, -0.05) is 6.07 Å². The van der Waals surface area contributed by atoms with Crippen LogP contribution in [0.5, 0.6) is 0 Å². The fourth-order valence-electron chi connectivity index (χ4n) is 2.74. The lowest BCUT2D eigenvalue weighted by Crippen LogP contribution is -2.40. The number of guanidine groups is 1. The number of anilines is 1. The molecule has 20 heavy (non-hydrogen) atoms. The molecule has 0 aromatic carbocycles. The molecule has 5 nitrogen and oxygen atoms in total. The lowest BCUT2D eigenvalue weighted by atomic mass is 10.2. The number of nitrogens with zero attached hydrogens (tertiary/aromatic N) is 3. The van der Waals surface area contributed by atoms with Crippen molar-refractivity contribution < 1.29 is 0 Å². The summed E-state index contributed by atoms with van der Waals surface area (Å²) in [5, 5.41) is 6.69. The third-order valence-corrected chi connectivity index (χ3v) is 3.84. The molecule has 0 radical (unpaired) electrons. The molecule has 1 aromatic heterocycles. The third-order valence-electron chi connectivity index (χ3n) is 3.84. The molecule has 0 spiro atoms. The first kappa shape index (κ1) is 13.2. The second-order valence-corrected chi connectivity index (χ2v) is 5.49. The fraction of sp³-hybridized carbons (Fsp3) is 0.600. The Morgan fingerprint density at radius 2 is 2.10 bits per heavy atom. The lowest BCUT2D eigenvalue weighted by molar-refractivity contribution is 0.700. The first-order valence-electron chi connectivity index (χ1n) is 7.56. The molecular weight excluding hydrogens is 250 g/mol. The molecule has 5 heteroatoms. The average Bonchev–Trinajstić information content (AvgIpc) is 3.01. The van der Waals surface area contributed by atoms with Crippen LogP contribution in [-0.2, 0) is 6.54 Å². The van der Waals surface area contributed by atoms with Crippen LogP contribution >= 0.6 is 0 Å². The van der Waals surface area contributed by atoms with Crippen molar-refractivity contribution in [2.45, 2.75) is 32.7 Å². The first-order valence-corrected chi connectivity index (χ1v) is 7.56. The number of rotatable bonds is 3. The van der Waals surface area contributed by atoms with Gasteiger partial charge in [0.05, 0.1) is 0 Å². The molecule has 0 aliphatic carbocycles. The standard InChI is InChI=1S/C15H23N5/c1-12-5-6-13(11-18-15-16-7-4-8-17-15)14(19-12)20-9-2-3-10-20/h5-6H,2-4,7-11H2,1H3,(H2,16,17,18). The Labute approximate surface area is 120 Å². The van der Waals surface area contributed by atoms with Gasteiger partial charge in [0.1, 0.15) is 5.82 Å². The molecule has 0 saturated carbocycles. The van der Waals surface area contributed by atoms with E-state index in [-0.39, 0.29) is 0 Å². The topological polar surface area (TPSA) is 52.6 Å². The smallest absolute Gasteiger partial charge is 0.191 e. The molecule has 1 saturated heterocycles. The molecule has 3 rings (SSSR count). The molecule has 3 heterocycles. The van der Waals surface area contributed by atoms with Crippen molar-refractivity contribution in [3.8, 4) is 0 Å². The lowest BCUT2D eigenvalue weighted by Gasteiger charge is -2.22. The maximum absolute atomic E-state index is 4.74. The molecule has 2 aliphatic rings. The summed E-state index contributed by atoms with van der Waals surface area (Å²) >= 11 is 0. The number of hydrogen-bond acceptors (Lipinski definition) is 5. The fourth-order valence-corrected chi connectivity index (χ4v) is 2.74. The minimum absolute atomic E-state index is 0.783. The van der Waals surface area contributed by atoms with E-state index in [1.165, 1.54) is 18.4 Å². The van der Waals surface area contributed by atoms with Crippen molar-refractivity contribution in [2.75, 3.05) is 31.1 Å². The van der Waals surface area contributed by atoms with Crippen molar-refractivity contribution in [2.24, 2.45) is 4.99 Å². The van der Waals surface area contributed by atoms with Crippen LogP contribution in [0.1, 0.15) is 30.5 Å². The molecule has 2 N–H and O–H groups in total. The van der Waals surface area contributed by atoms with Crippen LogP contribution < -0.4 is 15.5 Å². The van der Waals surface area contributed by atoms with Crippen molar-refractivity contribution >= 4 is 11.8 Å². The van der Waals surface area contributed by atoms with Crippen LogP contribution in [-0.4, -0.2) is 37.1 Å². The van der Waals surface area contributed by atoms with E-state index in [0.29, 0.717) is 0 Å². The normalized spacial score (nSPS) is 18.6. The summed E-state index contributed by atoms with van der Waals surface area (Å²) in [4.78, 5) is 11.6. The molecule has 0 amide bonds. The van der Waals surface area contributed by atoms with Gasteiger partial charge in [-0.3, -0.25) is 4.99 Å². The molecular formula is C15H23N5. The largest absolute Gasteiger partial charge is 0.356 e. The number of nitrogens with one attached hydrogen (secondary N) is 2. The summed E-state index contributed by atoms with van der Waals surface area (Å²) < 4.78 is 0. The predicted molar refractivity (Wildman–Crippen MR) is 82.2 cm³/mol. The molecule has 0 bridgehead atoms. The highest BCUT2D eigenvalue weighted by Gasteiger charge is 2.17. The summed E-state index contributed by atoms with van der Waals surface area (Å²) in [5.41, 5.74) is 2.34. The highest BCUT2D eigenvalue weighted by molar-refractivity contribution is 5.80. The summed E-state index contributed by atoms with van der Waals surface area (Å²) in [5.74, 6) is 2.07. The monoisotopic (exact) mass is 273 g/mol. The van der Waals surface area contributed by atoms with Gasteiger partial charge in [-0.15, -0.1) is 0 Å². The van der Waals surface area contributed by atoms with Gasteiger partial charge in [0.2, 0.25) is 0 Å². The Balaban J connectivity index is 1.72. The highest BCUT2D eigenvalue weighted by Crippen LogP contribution is 2.22. The van der Waals surface area contributed by atoms with Gasteiger partial charge in [-0.05, 0) is 32.3 Å². The number of pyridine rings is 1. The molecule has 0 unspecified atom stereocenters. The molecule has 108 valence electrons. The minimum atomic E-state index is 0.783. The zero-order chi connectivity index (χ0) is 13.8. The van der Waals surface area contributed by atoms with Crippen molar-refractivity contribution in [3.05, 3.63) is 23.4 Å². The zero-order valence-corrected chi connectivity index (χ0v) is 12.2. The summed E-state index contributed by atoms with van der Waals surface area (Å²) in [7, 11) is 0. The van der Waals surface area contributed by atoms with E-state index >= 15 is 0 Å². The SMILES string of the molecule is Cc1ccc(CNC2=NCCCN2)c(N2CCCC2)n1. The first-order chi connectivity index (χ1) is 9.83. The maximum Gasteiger partial charge on any atom is 0.191 e. The highest BCUT2D eigenvalue weighted by atomic mass is 15.2. The van der Waals surface area contributed by atoms with Gasteiger partial charge in [-0.25, -0.2) is 4.98 Å². The van der Waals surface area contributed by atoms with E-state index in [4.69, 9.17) is 4.98 Å². The van der Waals surface area contributed by atoms with Crippen LogP contribution in [0.2, 0.25) is 0 Å². The number of aliphatic imine (C=N–C) groups is 1. The van der Waals surface area contributed by atoms with Gasteiger partial charge in [-0.2, -0.15) is 0 Å². The van der Waals surface area contributed by atoms with Crippen molar-refractivity contribution in [3.63, 3.8) is 0 Å². The molecule has 0 atom stereocenters. The van der Waals surface area contributed by atoms with Gasteiger partial charge in [0.15, 0.2) is 5.96 Å². The number of aromatic nitrogens is 1. The van der Waals surface area contributed by atoms with Gasteiger partial charge in [0, 0.05) is 44.0 Å². The minimum Gasteiger partial charge on any atom is -0.356 e. The van der Waals surface area contributed by atoms with Gasteiger partial charge < -0.3 is 15.5 Å². The van der Waals surface area contributed by atoms with Crippen LogP contribution in [0.15, 0.2) is 17.1 Å². The second-order valence-electron chi connectivity index (χ2n) is 5.49. The quantitative estimate of drug-likeness (QED) is 0.875. The Kier molecular flexibility index (Phi) is 4.04. The number of aryl methyl sites for hydroxylation is 1.